The zero-order valence-electron chi connectivity index (χ0n) is 9.66. The number of carbonyl (C=O) groups excluding carboxylic acids is 1. The number of methoxy groups -OCH3 is 1. The molecule has 0 radical (unpaired) electrons. The minimum absolute atomic E-state index is 0.0344. The highest BCUT2D eigenvalue weighted by Crippen LogP contribution is 2.29. The number of ether oxygens (including phenoxy) is 1. The first kappa shape index (κ1) is 11.1. The molecule has 1 atom stereocenters. The smallest absolute Gasteiger partial charge is 0.378 e. The van der Waals surface area contributed by atoms with Gasteiger partial charge >= 0.3 is 5.97 Å². The molecule has 1 aliphatic heterocycles. The fourth-order valence-corrected chi connectivity index (χ4v) is 2.67. The molecule has 0 saturated heterocycles. The monoisotopic (exact) mass is 265 g/mol. The summed E-state index contributed by atoms with van der Waals surface area (Å²) in [7, 11) is 1.31. The molecule has 7 nitrogen and oxygen atoms in total. The van der Waals surface area contributed by atoms with Crippen LogP contribution in [0.3, 0.4) is 0 Å². The van der Waals surface area contributed by atoms with Crippen LogP contribution in [0, 0.1) is 0 Å². The Morgan fingerprint density at radius 1 is 1.67 bits per heavy atom. The third kappa shape index (κ3) is 1.74. The SMILES string of the molecule is COC(=O)c1nc2n(n1)C(c1nccs1)CCN2. The Hall–Kier alpha value is -1.96. The Morgan fingerprint density at radius 2 is 2.56 bits per heavy atom. The Kier molecular flexibility index (Phi) is 2.71. The molecule has 1 N–H and O–H groups in total. The normalized spacial score (nSPS) is 17.9. The van der Waals surface area contributed by atoms with E-state index in [1.165, 1.54) is 7.11 Å². The summed E-state index contributed by atoms with van der Waals surface area (Å²) >= 11 is 1.57. The van der Waals surface area contributed by atoms with Crippen molar-refractivity contribution in [1.29, 1.82) is 0 Å². The highest BCUT2D eigenvalue weighted by atomic mass is 32.1. The van der Waals surface area contributed by atoms with Gasteiger partial charge in [-0.05, 0) is 6.42 Å². The number of nitrogens with one attached hydrogen (secondary N) is 1. The molecule has 94 valence electrons. The van der Waals surface area contributed by atoms with E-state index < -0.39 is 5.97 Å². The number of thiazole rings is 1. The van der Waals surface area contributed by atoms with Crippen LogP contribution in [0.25, 0.3) is 0 Å². The summed E-state index contributed by atoms with van der Waals surface area (Å²) in [5.41, 5.74) is 0. The molecule has 0 aliphatic carbocycles. The van der Waals surface area contributed by atoms with Crippen LogP contribution in [0.4, 0.5) is 5.95 Å². The van der Waals surface area contributed by atoms with Gasteiger partial charge in [-0.15, -0.1) is 16.4 Å². The second-order valence-electron chi connectivity index (χ2n) is 3.80. The standard InChI is InChI=1S/C10H11N5O2S/c1-17-9(16)7-13-10-12-3-2-6(15(10)14-7)8-11-4-5-18-8/h4-6H,2-3H2,1H3,(H,12,13,14). The number of aromatic nitrogens is 4. The number of anilines is 1. The lowest BCUT2D eigenvalue weighted by Crippen LogP contribution is -2.24. The molecule has 0 bridgehead atoms. The van der Waals surface area contributed by atoms with Crippen LogP contribution >= 0.6 is 11.3 Å². The minimum atomic E-state index is -0.531. The molecule has 1 unspecified atom stereocenters. The molecular formula is C10H11N5O2S. The fraction of sp³-hybridized carbons (Fsp3) is 0.400. The molecule has 2 aromatic heterocycles. The van der Waals surface area contributed by atoms with Crippen molar-refractivity contribution in [1.82, 2.24) is 19.7 Å². The molecule has 3 heterocycles. The minimum Gasteiger partial charge on any atom is -0.463 e. The van der Waals surface area contributed by atoms with Crippen molar-refractivity contribution in [2.45, 2.75) is 12.5 Å². The number of carbonyl (C=O) groups is 1. The van der Waals surface area contributed by atoms with Gasteiger partial charge in [-0.2, -0.15) is 4.98 Å². The highest BCUT2D eigenvalue weighted by molar-refractivity contribution is 7.09. The number of esters is 1. The predicted molar refractivity (Wildman–Crippen MR) is 64.7 cm³/mol. The molecule has 8 heteroatoms. The van der Waals surface area contributed by atoms with Gasteiger partial charge in [0.25, 0.3) is 5.82 Å². The quantitative estimate of drug-likeness (QED) is 0.813. The van der Waals surface area contributed by atoms with E-state index in [-0.39, 0.29) is 11.9 Å². The molecule has 3 rings (SSSR count). The Bertz CT molecular complexity index is 565. The molecule has 0 fully saturated rings. The lowest BCUT2D eigenvalue weighted by atomic mass is 10.2. The van der Waals surface area contributed by atoms with E-state index in [1.54, 1.807) is 22.2 Å². The zero-order chi connectivity index (χ0) is 12.5. The summed E-state index contributed by atoms with van der Waals surface area (Å²) in [5, 5.41) is 10.2. The third-order valence-electron chi connectivity index (χ3n) is 2.73. The summed E-state index contributed by atoms with van der Waals surface area (Å²) in [6, 6.07) is 0.0344. The van der Waals surface area contributed by atoms with Crippen LogP contribution in [0.15, 0.2) is 11.6 Å². The second-order valence-corrected chi connectivity index (χ2v) is 4.72. The van der Waals surface area contributed by atoms with Crippen LogP contribution < -0.4 is 5.32 Å². The molecule has 1 aliphatic rings. The van der Waals surface area contributed by atoms with E-state index in [1.807, 2.05) is 5.38 Å². The van der Waals surface area contributed by atoms with Gasteiger partial charge in [-0.3, -0.25) is 0 Å². The summed E-state index contributed by atoms with van der Waals surface area (Å²) in [4.78, 5) is 19.8. The first-order valence-electron chi connectivity index (χ1n) is 5.47. The number of nitrogens with zero attached hydrogens (tertiary/aromatic N) is 4. The van der Waals surface area contributed by atoms with Gasteiger partial charge in [0.2, 0.25) is 5.95 Å². The van der Waals surface area contributed by atoms with E-state index in [0.717, 1.165) is 18.0 Å². The molecule has 18 heavy (non-hydrogen) atoms. The molecule has 0 amide bonds. The van der Waals surface area contributed by atoms with Crippen LogP contribution in [0.5, 0.6) is 0 Å². The summed E-state index contributed by atoms with van der Waals surface area (Å²) in [5.74, 6) is 0.127. The number of hydrogen-bond donors (Lipinski definition) is 1. The van der Waals surface area contributed by atoms with E-state index >= 15 is 0 Å². The van der Waals surface area contributed by atoms with Gasteiger partial charge in [0.15, 0.2) is 0 Å². The summed E-state index contributed by atoms with van der Waals surface area (Å²) < 4.78 is 6.32. The fourth-order valence-electron chi connectivity index (χ4n) is 1.91. The third-order valence-corrected chi connectivity index (χ3v) is 3.61. The summed E-state index contributed by atoms with van der Waals surface area (Å²) in [6.07, 6.45) is 2.63. The van der Waals surface area contributed by atoms with Gasteiger partial charge in [0.05, 0.1) is 7.11 Å². The molecule has 0 saturated carbocycles. The predicted octanol–water partition coefficient (Wildman–Crippen LogP) is 0.926. The summed E-state index contributed by atoms with van der Waals surface area (Å²) in [6.45, 7) is 0.781. The maximum absolute atomic E-state index is 11.4. The molecular weight excluding hydrogens is 254 g/mol. The lowest BCUT2D eigenvalue weighted by Gasteiger charge is -2.22. The van der Waals surface area contributed by atoms with Gasteiger partial charge in [0.1, 0.15) is 11.0 Å². The Morgan fingerprint density at radius 3 is 3.28 bits per heavy atom. The molecule has 0 spiro atoms. The molecule has 0 aromatic carbocycles. The maximum Gasteiger partial charge on any atom is 0.378 e. The van der Waals surface area contributed by atoms with Gasteiger partial charge in [-0.25, -0.2) is 14.5 Å². The number of hydrogen-bond acceptors (Lipinski definition) is 7. The second kappa shape index (κ2) is 4.37. The first-order valence-corrected chi connectivity index (χ1v) is 6.35. The van der Waals surface area contributed by atoms with Crippen molar-refractivity contribution in [3.8, 4) is 0 Å². The van der Waals surface area contributed by atoms with Crippen molar-refractivity contribution in [2.75, 3.05) is 19.0 Å². The number of fused-ring (bicyclic) bond motifs is 1. The van der Waals surface area contributed by atoms with Crippen molar-refractivity contribution >= 4 is 23.3 Å². The average Bonchev–Trinajstić information content (AvgIpc) is 3.05. The van der Waals surface area contributed by atoms with Crippen LogP contribution in [0.2, 0.25) is 0 Å². The largest absolute Gasteiger partial charge is 0.463 e. The van der Waals surface area contributed by atoms with Crippen LogP contribution in [-0.4, -0.2) is 39.4 Å². The van der Waals surface area contributed by atoms with E-state index in [0.29, 0.717) is 5.95 Å². The van der Waals surface area contributed by atoms with E-state index in [4.69, 9.17) is 0 Å². The van der Waals surface area contributed by atoms with Gasteiger partial charge < -0.3 is 10.1 Å². The van der Waals surface area contributed by atoms with Crippen molar-refractivity contribution in [3.63, 3.8) is 0 Å². The topological polar surface area (TPSA) is 81.9 Å². The van der Waals surface area contributed by atoms with Crippen molar-refractivity contribution in [3.05, 3.63) is 22.4 Å². The maximum atomic E-state index is 11.4. The first-order chi connectivity index (χ1) is 8.79. The van der Waals surface area contributed by atoms with Crippen molar-refractivity contribution < 1.29 is 9.53 Å². The Balaban J connectivity index is 2.00. The molecule has 2 aromatic rings. The van der Waals surface area contributed by atoms with E-state index in [9.17, 15) is 4.79 Å². The van der Waals surface area contributed by atoms with Crippen LogP contribution in [0.1, 0.15) is 28.1 Å². The van der Waals surface area contributed by atoms with E-state index in [2.05, 4.69) is 25.1 Å². The average molecular weight is 265 g/mol. The highest BCUT2D eigenvalue weighted by Gasteiger charge is 2.27. The lowest BCUT2D eigenvalue weighted by molar-refractivity contribution is 0.0586. The zero-order valence-corrected chi connectivity index (χ0v) is 10.5. The van der Waals surface area contributed by atoms with Gasteiger partial charge in [0, 0.05) is 18.1 Å². The van der Waals surface area contributed by atoms with Gasteiger partial charge in [-0.1, -0.05) is 0 Å². The number of rotatable bonds is 2. The Labute approximate surface area is 107 Å². The van der Waals surface area contributed by atoms with Crippen LogP contribution in [-0.2, 0) is 4.74 Å². The van der Waals surface area contributed by atoms with Crippen molar-refractivity contribution in [2.24, 2.45) is 0 Å².